The number of sulfone groups is 1. The number of benzene rings is 2. The van der Waals surface area contributed by atoms with Gasteiger partial charge in [-0.15, -0.1) is 0 Å². The summed E-state index contributed by atoms with van der Waals surface area (Å²) in [7, 11) is -3.18. The molecule has 20 heavy (non-hydrogen) atoms. The fourth-order valence-corrected chi connectivity index (χ4v) is 3.38. The van der Waals surface area contributed by atoms with Gasteiger partial charge in [-0.1, -0.05) is 25.1 Å². The molecule has 3 rings (SSSR count). The third-order valence-electron chi connectivity index (χ3n) is 3.62. The number of aromatic nitrogens is 1. The smallest absolute Gasteiger partial charge is 0.175 e. The zero-order valence-corrected chi connectivity index (χ0v) is 12.4. The van der Waals surface area contributed by atoms with E-state index in [1.807, 2.05) is 18.2 Å². The molecule has 0 aliphatic heterocycles. The van der Waals surface area contributed by atoms with Crippen molar-refractivity contribution in [1.82, 2.24) is 4.57 Å². The molecule has 4 heteroatoms. The standard InChI is InChI=1S/C16H17NO2S/c1-3-10-17-15-7-5-4-6-13(15)14-11-12(20(2,18)19)8-9-16(14)17/h4-9,11H,3,10H2,1-2H3. The minimum Gasteiger partial charge on any atom is -0.340 e. The van der Waals surface area contributed by atoms with Gasteiger partial charge in [0.05, 0.1) is 4.90 Å². The van der Waals surface area contributed by atoms with Crippen LogP contribution in [0.5, 0.6) is 0 Å². The monoisotopic (exact) mass is 287 g/mol. The summed E-state index contributed by atoms with van der Waals surface area (Å²) in [4.78, 5) is 0.379. The number of fused-ring (bicyclic) bond motifs is 3. The molecular formula is C16H17NO2S. The molecule has 0 bridgehead atoms. The molecule has 0 atom stereocenters. The Morgan fingerprint density at radius 1 is 1.00 bits per heavy atom. The molecule has 2 aromatic carbocycles. The van der Waals surface area contributed by atoms with Crippen molar-refractivity contribution in [1.29, 1.82) is 0 Å². The molecule has 0 radical (unpaired) electrons. The number of para-hydroxylation sites is 1. The largest absolute Gasteiger partial charge is 0.340 e. The second-order valence-corrected chi connectivity index (χ2v) is 7.14. The third-order valence-corrected chi connectivity index (χ3v) is 4.73. The van der Waals surface area contributed by atoms with Crippen molar-refractivity contribution >= 4 is 31.6 Å². The van der Waals surface area contributed by atoms with Crippen LogP contribution in [-0.2, 0) is 16.4 Å². The highest BCUT2D eigenvalue weighted by Crippen LogP contribution is 2.30. The van der Waals surface area contributed by atoms with Crippen LogP contribution in [-0.4, -0.2) is 19.2 Å². The van der Waals surface area contributed by atoms with Crippen molar-refractivity contribution in [3.63, 3.8) is 0 Å². The highest BCUT2D eigenvalue weighted by Gasteiger charge is 2.13. The molecule has 0 amide bonds. The molecule has 0 saturated heterocycles. The van der Waals surface area contributed by atoms with Crippen LogP contribution in [0.3, 0.4) is 0 Å². The van der Waals surface area contributed by atoms with Gasteiger partial charge in [-0.25, -0.2) is 8.42 Å². The van der Waals surface area contributed by atoms with Crippen LogP contribution in [0.4, 0.5) is 0 Å². The van der Waals surface area contributed by atoms with Crippen molar-refractivity contribution in [3.8, 4) is 0 Å². The number of aryl methyl sites for hydroxylation is 1. The number of hydrogen-bond donors (Lipinski definition) is 0. The third kappa shape index (κ3) is 2.00. The van der Waals surface area contributed by atoms with E-state index >= 15 is 0 Å². The van der Waals surface area contributed by atoms with Gasteiger partial charge in [0.15, 0.2) is 9.84 Å². The molecule has 0 N–H and O–H groups in total. The van der Waals surface area contributed by atoms with Crippen molar-refractivity contribution < 1.29 is 8.42 Å². The van der Waals surface area contributed by atoms with E-state index in [4.69, 9.17) is 0 Å². The molecule has 0 spiro atoms. The van der Waals surface area contributed by atoms with E-state index in [0.717, 1.165) is 34.8 Å². The van der Waals surface area contributed by atoms with Crippen LogP contribution in [0.25, 0.3) is 21.8 Å². The maximum absolute atomic E-state index is 11.7. The molecule has 1 heterocycles. The summed E-state index contributed by atoms with van der Waals surface area (Å²) in [5.41, 5.74) is 2.26. The fourth-order valence-electron chi connectivity index (χ4n) is 2.73. The molecule has 3 nitrogen and oxygen atoms in total. The Bertz CT molecular complexity index is 891. The van der Waals surface area contributed by atoms with Crippen molar-refractivity contribution in [3.05, 3.63) is 42.5 Å². The van der Waals surface area contributed by atoms with Gasteiger partial charge < -0.3 is 4.57 Å². The van der Waals surface area contributed by atoms with Gasteiger partial charge >= 0.3 is 0 Å². The maximum Gasteiger partial charge on any atom is 0.175 e. The second-order valence-electron chi connectivity index (χ2n) is 5.12. The van der Waals surface area contributed by atoms with Gasteiger partial charge in [0.2, 0.25) is 0 Å². The topological polar surface area (TPSA) is 39.1 Å². The quantitative estimate of drug-likeness (QED) is 0.738. The molecule has 3 aromatic rings. The summed E-state index contributed by atoms with van der Waals surface area (Å²) in [6.45, 7) is 3.08. The van der Waals surface area contributed by atoms with Gasteiger partial charge in [0.1, 0.15) is 0 Å². The van der Waals surface area contributed by atoms with Gasteiger partial charge in [-0.3, -0.25) is 0 Å². The Balaban J connectivity index is 2.44. The highest BCUT2D eigenvalue weighted by molar-refractivity contribution is 7.90. The minimum absolute atomic E-state index is 0.379. The normalized spacial score (nSPS) is 12.3. The van der Waals surface area contributed by atoms with Gasteiger partial charge in [-0.05, 0) is 30.7 Å². The highest BCUT2D eigenvalue weighted by atomic mass is 32.2. The first kappa shape index (κ1) is 13.2. The average molecular weight is 287 g/mol. The van der Waals surface area contributed by atoms with Gasteiger partial charge in [0, 0.05) is 34.6 Å². The number of rotatable bonds is 3. The Morgan fingerprint density at radius 2 is 1.70 bits per heavy atom. The van der Waals surface area contributed by atoms with E-state index in [9.17, 15) is 8.42 Å². The summed E-state index contributed by atoms with van der Waals surface area (Å²) in [5.74, 6) is 0. The van der Waals surface area contributed by atoms with E-state index in [-0.39, 0.29) is 0 Å². The minimum atomic E-state index is -3.18. The Labute approximate surface area is 118 Å². The number of hydrogen-bond acceptors (Lipinski definition) is 2. The first-order chi connectivity index (χ1) is 9.52. The molecular weight excluding hydrogens is 270 g/mol. The molecule has 0 saturated carbocycles. The van der Waals surface area contributed by atoms with Crippen molar-refractivity contribution in [2.45, 2.75) is 24.8 Å². The van der Waals surface area contributed by atoms with Gasteiger partial charge in [0.25, 0.3) is 0 Å². The van der Waals surface area contributed by atoms with Crippen LogP contribution < -0.4 is 0 Å². The summed E-state index contributed by atoms with van der Waals surface area (Å²) in [6.07, 6.45) is 2.29. The van der Waals surface area contributed by atoms with Gasteiger partial charge in [-0.2, -0.15) is 0 Å². The van der Waals surface area contributed by atoms with E-state index in [1.165, 1.54) is 6.26 Å². The molecule has 1 aromatic heterocycles. The average Bonchev–Trinajstić information content (AvgIpc) is 2.73. The van der Waals surface area contributed by atoms with E-state index < -0.39 is 9.84 Å². The molecule has 0 aliphatic rings. The predicted molar refractivity (Wildman–Crippen MR) is 82.8 cm³/mol. The molecule has 104 valence electrons. The summed E-state index contributed by atoms with van der Waals surface area (Å²) >= 11 is 0. The lowest BCUT2D eigenvalue weighted by Gasteiger charge is -2.05. The lowest BCUT2D eigenvalue weighted by molar-refractivity contribution is 0.602. The zero-order chi connectivity index (χ0) is 14.3. The zero-order valence-electron chi connectivity index (χ0n) is 11.6. The fraction of sp³-hybridized carbons (Fsp3) is 0.250. The van der Waals surface area contributed by atoms with Crippen LogP contribution in [0.1, 0.15) is 13.3 Å². The summed E-state index contributed by atoms with van der Waals surface area (Å²) in [5, 5.41) is 2.12. The van der Waals surface area contributed by atoms with E-state index in [1.54, 1.807) is 12.1 Å². The Hall–Kier alpha value is -1.81. The first-order valence-electron chi connectivity index (χ1n) is 6.73. The van der Waals surface area contributed by atoms with Crippen LogP contribution in [0, 0.1) is 0 Å². The van der Waals surface area contributed by atoms with E-state index in [0.29, 0.717) is 4.90 Å². The lowest BCUT2D eigenvalue weighted by atomic mass is 10.1. The second kappa shape index (κ2) is 4.63. The molecule has 0 aliphatic carbocycles. The maximum atomic E-state index is 11.7. The lowest BCUT2D eigenvalue weighted by Crippen LogP contribution is -1.98. The summed E-state index contributed by atoms with van der Waals surface area (Å²) in [6, 6.07) is 13.6. The van der Waals surface area contributed by atoms with Crippen molar-refractivity contribution in [2.75, 3.05) is 6.26 Å². The van der Waals surface area contributed by atoms with Crippen LogP contribution >= 0.6 is 0 Å². The predicted octanol–water partition coefficient (Wildman–Crippen LogP) is 3.61. The SMILES string of the molecule is CCCn1c2ccccc2c2cc(S(C)(=O)=O)ccc21. The van der Waals surface area contributed by atoms with Crippen molar-refractivity contribution in [2.24, 2.45) is 0 Å². The van der Waals surface area contributed by atoms with E-state index in [2.05, 4.69) is 23.6 Å². The van der Waals surface area contributed by atoms with Crippen LogP contribution in [0.2, 0.25) is 0 Å². The number of nitrogens with zero attached hydrogens (tertiary/aromatic N) is 1. The Kier molecular flexibility index (Phi) is 3.05. The molecule has 0 fully saturated rings. The summed E-state index contributed by atoms with van der Waals surface area (Å²) < 4.78 is 25.7. The first-order valence-corrected chi connectivity index (χ1v) is 8.62. The van der Waals surface area contributed by atoms with Crippen LogP contribution in [0.15, 0.2) is 47.4 Å². The Morgan fingerprint density at radius 3 is 2.40 bits per heavy atom. The molecule has 0 unspecified atom stereocenters.